The van der Waals surface area contributed by atoms with Crippen molar-refractivity contribution in [1.82, 2.24) is 10.2 Å². The molecular formula is C15H23BrN2O. The van der Waals surface area contributed by atoms with Crippen molar-refractivity contribution >= 4 is 15.9 Å². The number of rotatable bonds is 6. The first-order valence-corrected chi connectivity index (χ1v) is 7.81. The molecule has 1 aromatic rings. The Labute approximate surface area is 124 Å². The van der Waals surface area contributed by atoms with Crippen molar-refractivity contribution in [3.05, 3.63) is 33.8 Å². The highest BCUT2D eigenvalue weighted by Crippen LogP contribution is 2.20. The molecule has 0 spiro atoms. The van der Waals surface area contributed by atoms with Crippen molar-refractivity contribution in [1.29, 1.82) is 0 Å². The van der Waals surface area contributed by atoms with Gasteiger partial charge in [-0.2, -0.15) is 0 Å². The van der Waals surface area contributed by atoms with Crippen LogP contribution in [0.25, 0.3) is 0 Å². The molecule has 1 aliphatic rings. The Morgan fingerprint density at radius 2 is 2.05 bits per heavy atom. The fraction of sp³-hybridized carbons (Fsp3) is 0.600. The van der Waals surface area contributed by atoms with E-state index in [1.807, 2.05) is 7.05 Å². The van der Waals surface area contributed by atoms with Crippen LogP contribution in [-0.4, -0.2) is 51.3 Å². The molecule has 1 heterocycles. The fourth-order valence-electron chi connectivity index (χ4n) is 2.32. The molecule has 0 atom stereocenters. The fourth-order valence-corrected chi connectivity index (χ4v) is 2.95. The molecule has 1 fully saturated rings. The molecule has 0 unspecified atom stereocenters. The van der Waals surface area contributed by atoms with E-state index >= 15 is 0 Å². The maximum Gasteiger partial charge on any atom is 0.0594 e. The number of nitrogens with zero attached hydrogens (tertiary/aromatic N) is 1. The van der Waals surface area contributed by atoms with Crippen LogP contribution in [0.4, 0.5) is 0 Å². The van der Waals surface area contributed by atoms with E-state index in [1.165, 1.54) is 15.6 Å². The minimum absolute atomic E-state index is 0.879. The summed E-state index contributed by atoms with van der Waals surface area (Å²) in [6.07, 6.45) is 2.19. The van der Waals surface area contributed by atoms with E-state index in [0.717, 1.165) is 52.2 Å². The number of nitrogens with one attached hydrogen (secondary N) is 1. The molecule has 4 heteroatoms. The molecule has 0 aliphatic carbocycles. The molecule has 0 bridgehead atoms. The molecule has 0 saturated carbocycles. The van der Waals surface area contributed by atoms with Gasteiger partial charge in [-0.15, -0.1) is 0 Å². The number of likely N-dealkylation sites (N-methyl/N-ethyl adjacent to an activating group) is 1. The molecule has 1 N–H and O–H groups in total. The van der Waals surface area contributed by atoms with E-state index in [9.17, 15) is 0 Å². The lowest BCUT2D eigenvalue weighted by Crippen LogP contribution is -2.37. The van der Waals surface area contributed by atoms with Crippen molar-refractivity contribution in [2.75, 3.05) is 46.4 Å². The third kappa shape index (κ3) is 4.88. The summed E-state index contributed by atoms with van der Waals surface area (Å²) < 4.78 is 6.62. The van der Waals surface area contributed by atoms with Gasteiger partial charge in [0.1, 0.15) is 0 Å². The highest BCUT2D eigenvalue weighted by molar-refractivity contribution is 9.10. The zero-order valence-corrected chi connectivity index (χ0v) is 13.2. The predicted molar refractivity (Wildman–Crippen MR) is 82.7 cm³/mol. The standard InChI is InChI=1S/C15H23BrN2O/c1-17-6-4-13-2-3-14(15(16)12-13)5-7-18-8-10-19-11-9-18/h2-3,12,17H,4-11H2,1H3. The second kappa shape index (κ2) is 8.00. The Morgan fingerprint density at radius 1 is 1.26 bits per heavy atom. The van der Waals surface area contributed by atoms with Crippen molar-refractivity contribution in [2.45, 2.75) is 12.8 Å². The minimum Gasteiger partial charge on any atom is -0.379 e. The van der Waals surface area contributed by atoms with Gasteiger partial charge in [0.2, 0.25) is 0 Å². The van der Waals surface area contributed by atoms with Crippen LogP contribution in [0.2, 0.25) is 0 Å². The molecule has 2 rings (SSSR count). The maximum absolute atomic E-state index is 5.37. The number of hydrogen-bond donors (Lipinski definition) is 1. The zero-order valence-electron chi connectivity index (χ0n) is 11.6. The zero-order chi connectivity index (χ0) is 13.5. The maximum atomic E-state index is 5.37. The van der Waals surface area contributed by atoms with Crippen molar-refractivity contribution in [2.24, 2.45) is 0 Å². The third-order valence-corrected chi connectivity index (χ3v) is 4.32. The van der Waals surface area contributed by atoms with Crippen LogP contribution in [0.15, 0.2) is 22.7 Å². The van der Waals surface area contributed by atoms with E-state index in [1.54, 1.807) is 0 Å². The molecule has 106 valence electrons. The van der Waals surface area contributed by atoms with Gasteiger partial charge in [0.25, 0.3) is 0 Å². The second-order valence-electron chi connectivity index (χ2n) is 4.98. The summed E-state index contributed by atoms with van der Waals surface area (Å²) in [5.74, 6) is 0. The Morgan fingerprint density at radius 3 is 2.74 bits per heavy atom. The first-order chi connectivity index (χ1) is 9.29. The van der Waals surface area contributed by atoms with Crippen LogP contribution < -0.4 is 5.32 Å². The van der Waals surface area contributed by atoms with Crippen molar-refractivity contribution in [3.8, 4) is 0 Å². The van der Waals surface area contributed by atoms with Gasteiger partial charge >= 0.3 is 0 Å². The first kappa shape index (κ1) is 15.0. The molecule has 1 aromatic carbocycles. The summed E-state index contributed by atoms with van der Waals surface area (Å²) in [4.78, 5) is 2.48. The van der Waals surface area contributed by atoms with Gasteiger partial charge in [-0.05, 0) is 43.6 Å². The minimum atomic E-state index is 0.879. The van der Waals surface area contributed by atoms with Gasteiger partial charge in [-0.3, -0.25) is 4.90 Å². The van der Waals surface area contributed by atoms with Crippen LogP contribution in [0.3, 0.4) is 0 Å². The SMILES string of the molecule is CNCCc1ccc(CCN2CCOCC2)c(Br)c1. The lowest BCUT2D eigenvalue weighted by atomic mass is 10.1. The summed E-state index contributed by atoms with van der Waals surface area (Å²) in [6.45, 7) is 6.04. The molecule has 0 aromatic heterocycles. The Hall–Kier alpha value is -0.420. The molecule has 0 amide bonds. The third-order valence-electron chi connectivity index (χ3n) is 3.58. The van der Waals surface area contributed by atoms with Gasteiger partial charge in [-0.1, -0.05) is 28.1 Å². The lowest BCUT2D eigenvalue weighted by molar-refractivity contribution is 0.0384. The molecule has 1 aliphatic heterocycles. The highest BCUT2D eigenvalue weighted by Gasteiger charge is 2.10. The topological polar surface area (TPSA) is 24.5 Å². The van der Waals surface area contributed by atoms with E-state index < -0.39 is 0 Å². The molecule has 1 saturated heterocycles. The van der Waals surface area contributed by atoms with Gasteiger partial charge in [0.05, 0.1) is 13.2 Å². The Balaban J connectivity index is 1.85. The van der Waals surface area contributed by atoms with Gasteiger partial charge in [0, 0.05) is 24.1 Å². The lowest BCUT2D eigenvalue weighted by Gasteiger charge is -2.26. The van der Waals surface area contributed by atoms with Crippen molar-refractivity contribution < 1.29 is 4.74 Å². The normalized spacial score (nSPS) is 16.7. The van der Waals surface area contributed by atoms with E-state index in [4.69, 9.17) is 4.74 Å². The molecule has 3 nitrogen and oxygen atoms in total. The van der Waals surface area contributed by atoms with Crippen LogP contribution in [-0.2, 0) is 17.6 Å². The summed E-state index contributed by atoms with van der Waals surface area (Å²) in [5, 5.41) is 3.18. The Kier molecular flexibility index (Phi) is 6.31. The van der Waals surface area contributed by atoms with Crippen LogP contribution in [0, 0.1) is 0 Å². The number of hydrogen-bond acceptors (Lipinski definition) is 3. The summed E-state index contributed by atoms with van der Waals surface area (Å²) in [7, 11) is 1.99. The molecular weight excluding hydrogens is 304 g/mol. The van der Waals surface area contributed by atoms with Crippen LogP contribution in [0.5, 0.6) is 0 Å². The molecule has 0 radical (unpaired) electrons. The largest absolute Gasteiger partial charge is 0.379 e. The predicted octanol–water partition coefficient (Wildman–Crippen LogP) is 2.09. The van der Waals surface area contributed by atoms with Crippen molar-refractivity contribution in [3.63, 3.8) is 0 Å². The van der Waals surface area contributed by atoms with Gasteiger partial charge < -0.3 is 10.1 Å². The average molecular weight is 327 g/mol. The van der Waals surface area contributed by atoms with Crippen LogP contribution in [0.1, 0.15) is 11.1 Å². The monoisotopic (exact) mass is 326 g/mol. The number of ether oxygens (including phenoxy) is 1. The number of halogens is 1. The number of morpholine rings is 1. The highest BCUT2D eigenvalue weighted by atomic mass is 79.9. The van der Waals surface area contributed by atoms with Gasteiger partial charge in [-0.25, -0.2) is 0 Å². The van der Waals surface area contributed by atoms with Crippen LogP contribution >= 0.6 is 15.9 Å². The summed E-state index contributed by atoms with van der Waals surface area (Å²) in [6, 6.07) is 6.76. The van der Waals surface area contributed by atoms with E-state index in [0.29, 0.717) is 0 Å². The number of benzene rings is 1. The smallest absolute Gasteiger partial charge is 0.0594 e. The first-order valence-electron chi connectivity index (χ1n) is 7.01. The summed E-state index contributed by atoms with van der Waals surface area (Å²) >= 11 is 3.70. The molecule has 19 heavy (non-hydrogen) atoms. The van der Waals surface area contributed by atoms with Gasteiger partial charge in [0.15, 0.2) is 0 Å². The quantitative estimate of drug-likeness (QED) is 0.866. The van der Waals surface area contributed by atoms with E-state index in [-0.39, 0.29) is 0 Å². The Bertz CT molecular complexity index is 392. The summed E-state index contributed by atoms with van der Waals surface area (Å²) in [5.41, 5.74) is 2.79. The average Bonchev–Trinajstić information content (AvgIpc) is 2.45. The van der Waals surface area contributed by atoms with E-state index in [2.05, 4.69) is 44.3 Å². The second-order valence-corrected chi connectivity index (χ2v) is 5.84.